The van der Waals surface area contributed by atoms with Crippen molar-refractivity contribution in [2.45, 2.75) is 63.5 Å². The molecule has 1 heterocycles. The van der Waals surface area contributed by atoms with E-state index in [-0.39, 0.29) is 5.54 Å². The van der Waals surface area contributed by atoms with Gasteiger partial charge in [-0.3, -0.25) is 4.90 Å². The van der Waals surface area contributed by atoms with Crippen LogP contribution in [-0.2, 0) is 9.84 Å². The zero-order chi connectivity index (χ0) is 14.9. The molecule has 0 radical (unpaired) electrons. The maximum atomic E-state index is 11.3. The van der Waals surface area contributed by atoms with E-state index < -0.39 is 9.84 Å². The minimum atomic E-state index is -2.84. The van der Waals surface area contributed by atoms with Crippen LogP contribution in [-0.4, -0.2) is 56.0 Å². The van der Waals surface area contributed by atoms with Crippen molar-refractivity contribution in [1.29, 1.82) is 0 Å². The fourth-order valence-electron chi connectivity index (χ4n) is 3.73. The standard InChI is InChI=1S/C15H30N2O2S/c1-4-14(2)13-17(10-7-11-20(3,18)19)15(12-16-14)8-5-6-9-15/h16H,4-13H2,1-3H3. The van der Waals surface area contributed by atoms with Crippen LogP contribution in [0.5, 0.6) is 0 Å². The molecule has 1 unspecified atom stereocenters. The Morgan fingerprint density at radius 2 is 1.90 bits per heavy atom. The summed E-state index contributed by atoms with van der Waals surface area (Å²) >= 11 is 0. The van der Waals surface area contributed by atoms with E-state index in [4.69, 9.17) is 0 Å². The number of sulfone groups is 1. The highest BCUT2D eigenvalue weighted by Gasteiger charge is 2.46. The number of rotatable bonds is 5. The molecule has 1 saturated carbocycles. The van der Waals surface area contributed by atoms with Gasteiger partial charge in [0.15, 0.2) is 0 Å². The molecule has 2 aliphatic rings. The molecule has 2 rings (SSSR count). The summed E-state index contributed by atoms with van der Waals surface area (Å²) in [7, 11) is -2.84. The van der Waals surface area contributed by atoms with Gasteiger partial charge in [0.05, 0.1) is 5.75 Å². The molecule has 2 fully saturated rings. The first kappa shape index (κ1) is 16.2. The molecule has 0 bridgehead atoms. The van der Waals surface area contributed by atoms with Crippen molar-refractivity contribution in [3.63, 3.8) is 0 Å². The molecule has 1 aliphatic heterocycles. The molecule has 4 nitrogen and oxygen atoms in total. The Balaban J connectivity index is 2.02. The van der Waals surface area contributed by atoms with Gasteiger partial charge in [0.25, 0.3) is 0 Å². The Bertz CT molecular complexity index is 429. The lowest BCUT2D eigenvalue weighted by Crippen LogP contribution is -2.68. The first-order valence-electron chi connectivity index (χ1n) is 7.96. The third-order valence-corrected chi connectivity index (χ3v) is 6.34. The normalized spacial score (nSPS) is 30.9. The summed E-state index contributed by atoms with van der Waals surface area (Å²) in [6.45, 7) is 7.56. The lowest BCUT2D eigenvalue weighted by Gasteiger charge is -2.52. The predicted molar refractivity (Wildman–Crippen MR) is 83.8 cm³/mol. The zero-order valence-electron chi connectivity index (χ0n) is 13.2. The third-order valence-electron chi connectivity index (χ3n) is 5.31. The van der Waals surface area contributed by atoms with Crippen LogP contribution in [0.15, 0.2) is 0 Å². The van der Waals surface area contributed by atoms with Crippen LogP contribution in [0.25, 0.3) is 0 Å². The van der Waals surface area contributed by atoms with Crippen LogP contribution in [0.1, 0.15) is 52.4 Å². The fourth-order valence-corrected chi connectivity index (χ4v) is 4.38. The van der Waals surface area contributed by atoms with Gasteiger partial charge in [-0.15, -0.1) is 0 Å². The monoisotopic (exact) mass is 302 g/mol. The Hall–Kier alpha value is -0.130. The minimum Gasteiger partial charge on any atom is -0.308 e. The van der Waals surface area contributed by atoms with E-state index in [2.05, 4.69) is 24.1 Å². The second-order valence-corrected chi connectivity index (χ2v) is 9.36. The molecular formula is C15H30N2O2S. The predicted octanol–water partition coefficient (Wildman–Crippen LogP) is 1.81. The van der Waals surface area contributed by atoms with Crippen LogP contribution in [0.2, 0.25) is 0 Å². The van der Waals surface area contributed by atoms with Crippen molar-refractivity contribution in [2.75, 3.05) is 31.6 Å². The van der Waals surface area contributed by atoms with Crippen molar-refractivity contribution >= 4 is 9.84 Å². The summed E-state index contributed by atoms with van der Waals surface area (Å²) < 4.78 is 22.7. The van der Waals surface area contributed by atoms with E-state index in [9.17, 15) is 8.42 Å². The molecule has 0 amide bonds. The van der Waals surface area contributed by atoms with Gasteiger partial charge in [-0.25, -0.2) is 8.42 Å². The molecule has 1 spiro atoms. The van der Waals surface area contributed by atoms with Gasteiger partial charge >= 0.3 is 0 Å². The van der Waals surface area contributed by atoms with Crippen molar-refractivity contribution in [3.05, 3.63) is 0 Å². The molecule has 5 heteroatoms. The molecular weight excluding hydrogens is 272 g/mol. The van der Waals surface area contributed by atoms with Crippen molar-refractivity contribution in [1.82, 2.24) is 10.2 Å². The molecule has 0 aromatic heterocycles. The smallest absolute Gasteiger partial charge is 0.147 e. The van der Waals surface area contributed by atoms with Gasteiger partial charge in [0, 0.05) is 30.4 Å². The second-order valence-electron chi connectivity index (χ2n) is 7.10. The van der Waals surface area contributed by atoms with Gasteiger partial charge in [0.2, 0.25) is 0 Å². The summed E-state index contributed by atoms with van der Waals surface area (Å²) in [5.41, 5.74) is 0.477. The van der Waals surface area contributed by atoms with Crippen LogP contribution >= 0.6 is 0 Å². The van der Waals surface area contributed by atoms with Crippen LogP contribution in [0, 0.1) is 0 Å². The van der Waals surface area contributed by atoms with Gasteiger partial charge in [0.1, 0.15) is 9.84 Å². The van der Waals surface area contributed by atoms with Crippen LogP contribution in [0.3, 0.4) is 0 Å². The van der Waals surface area contributed by atoms with E-state index in [0.717, 1.165) is 32.5 Å². The highest BCUT2D eigenvalue weighted by molar-refractivity contribution is 7.90. The van der Waals surface area contributed by atoms with Gasteiger partial charge in [-0.05, 0) is 39.2 Å². The fraction of sp³-hybridized carbons (Fsp3) is 1.00. The quantitative estimate of drug-likeness (QED) is 0.841. The Kier molecular flexibility index (Phi) is 4.82. The first-order valence-corrected chi connectivity index (χ1v) is 10.0. The molecule has 20 heavy (non-hydrogen) atoms. The Morgan fingerprint density at radius 1 is 1.25 bits per heavy atom. The maximum absolute atomic E-state index is 11.3. The average molecular weight is 302 g/mol. The Labute approximate surface area is 124 Å². The minimum absolute atomic E-state index is 0.179. The molecule has 1 atom stereocenters. The molecule has 0 aromatic rings. The summed E-state index contributed by atoms with van der Waals surface area (Å²) in [5.74, 6) is 0.315. The van der Waals surface area contributed by atoms with Crippen molar-refractivity contribution < 1.29 is 8.42 Å². The van der Waals surface area contributed by atoms with E-state index in [1.807, 2.05) is 0 Å². The number of hydrogen-bond acceptors (Lipinski definition) is 4. The lowest BCUT2D eigenvalue weighted by molar-refractivity contribution is 0.0122. The maximum Gasteiger partial charge on any atom is 0.147 e. The van der Waals surface area contributed by atoms with Crippen LogP contribution < -0.4 is 5.32 Å². The first-order chi connectivity index (χ1) is 9.29. The number of nitrogens with zero attached hydrogens (tertiary/aromatic N) is 1. The van der Waals surface area contributed by atoms with Crippen LogP contribution in [0.4, 0.5) is 0 Å². The largest absolute Gasteiger partial charge is 0.308 e. The third kappa shape index (κ3) is 3.74. The highest BCUT2D eigenvalue weighted by atomic mass is 32.2. The SMILES string of the molecule is CCC1(C)CN(CCCS(C)(=O)=O)C2(CCCC2)CN1. The van der Waals surface area contributed by atoms with E-state index in [1.165, 1.54) is 31.9 Å². The summed E-state index contributed by atoms with van der Waals surface area (Å²) in [6, 6.07) is 0. The zero-order valence-corrected chi connectivity index (χ0v) is 14.1. The Morgan fingerprint density at radius 3 is 2.45 bits per heavy atom. The molecule has 1 aliphatic carbocycles. The average Bonchev–Trinajstić information content (AvgIpc) is 2.83. The number of nitrogens with one attached hydrogen (secondary N) is 1. The molecule has 118 valence electrons. The van der Waals surface area contributed by atoms with Gasteiger partial charge in [-0.1, -0.05) is 19.8 Å². The van der Waals surface area contributed by atoms with Gasteiger partial charge in [-0.2, -0.15) is 0 Å². The van der Waals surface area contributed by atoms with Crippen molar-refractivity contribution in [2.24, 2.45) is 0 Å². The summed E-state index contributed by atoms with van der Waals surface area (Å²) in [5, 5.41) is 3.75. The number of hydrogen-bond donors (Lipinski definition) is 1. The highest BCUT2D eigenvalue weighted by Crippen LogP contribution is 2.39. The van der Waals surface area contributed by atoms with Gasteiger partial charge < -0.3 is 5.32 Å². The summed E-state index contributed by atoms with van der Waals surface area (Å²) in [6.07, 6.45) is 8.37. The molecule has 1 N–H and O–H groups in total. The van der Waals surface area contributed by atoms with E-state index >= 15 is 0 Å². The summed E-state index contributed by atoms with van der Waals surface area (Å²) in [4.78, 5) is 2.60. The molecule has 1 saturated heterocycles. The lowest BCUT2D eigenvalue weighted by atomic mass is 9.85. The van der Waals surface area contributed by atoms with Crippen molar-refractivity contribution in [3.8, 4) is 0 Å². The number of piperazine rings is 1. The van der Waals surface area contributed by atoms with E-state index in [1.54, 1.807) is 0 Å². The van der Waals surface area contributed by atoms with E-state index in [0.29, 0.717) is 11.3 Å². The second kappa shape index (κ2) is 5.93. The topological polar surface area (TPSA) is 49.4 Å². The molecule has 0 aromatic carbocycles.